The number of benzene rings is 1. The Morgan fingerprint density at radius 1 is 1.07 bits per heavy atom. The third-order valence-corrected chi connectivity index (χ3v) is 5.18. The molecule has 0 bridgehead atoms. The van der Waals surface area contributed by atoms with Crippen LogP contribution in [0.4, 0.5) is 0 Å². The Labute approximate surface area is 154 Å². The summed E-state index contributed by atoms with van der Waals surface area (Å²) in [5, 5.41) is 0. The van der Waals surface area contributed by atoms with Crippen LogP contribution in [0.15, 0.2) is 47.5 Å². The molecule has 0 amide bonds. The zero-order valence-corrected chi connectivity index (χ0v) is 14.8. The van der Waals surface area contributed by atoms with Crippen LogP contribution in [0, 0.1) is 0 Å². The highest BCUT2D eigenvalue weighted by atomic mass is 16.2. The van der Waals surface area contributed by atoms with Gasteiger partial charge in [0, 0.05) is 25.2 Å². The first kappa shape index (κ1) is 16.0. The summed E-state index contributed by atoms with van der Waals surface area (Å²) < 4.78 is 5.67. The van der Waals surface area contributed by atoms with E-state index in [1.807, 2.05) is 39.5 Å². The Morgan fingerprint density at radius 2 is 1.93 bits per heavy atom. The SMILES string of the molecule is O=CCCn1c(Cn2c(=O)n(C3CC3)c3ccncc32)nc2ccccc21. The van der Waals surface area contributed by atoms with Crippen molar-refractivity contribution in [2.75, 3.05) is 0 Å². The van der Waals surface area contributed by atoms with Gasteiger partial charge in [-0.1, -0.05) is 12.1 Å². The normalized spacial score (nSPS) is 14.2. The summed E-state index contributed by atoms with van der Waals surface area (Å²) >= 11 is 0. The van der Waals surface area contributed by atoms with Crippen molar-refractivity contribution in [2.24, 2.45) is 0 Å². The molecule has 3 heterocycles. The van der Waals surface area contributed by atoms with E-state index in [1.54, 1.807) is 17.0 Å². The van der Waals surface area contributed by atoms with Crippen LogP contribution in [0.2, 0.25) is 0 Å². The van der Waals surface area contributed by atoms with Crippen LogP contribution < -0.4 is 5.69 Å². The lowest BCUT2D eigenvalue weighted by atomic mass is 10.3. The number of fused-ring (bicyclic) bond motifs is 2. The number of hydrogen-bond acceptors (Lipinski definition) is 4. The predicted octanol–water partition coefficient (Wildman–Crippen LogP) is 2.52. The fourth-order valence-corrected chi connectivity index (χ4v) is 3.78. The second-order valence-corrected chi connectivity index (χ2v) is 6.96. The van der Waals surface area contributed by atoms with E-state index in [2.05, 4.69) is 4.98 Å². The van der Waals surface area contributed by atoms with Crippen molar-refractivity contribution in [1.82, 2.24) is 23.7 Å². The maximum absolute atomic E-state index is 13.1. The minimum absolute atomic E-state index is 0.0190. The first-order chi connectivity index (χ1) is 13.3. The van der Waals surface area contributed by atoms with E-state index < -0.39 is 0 Å². The molecule has 7 nitrogen and oxygen atoms in total. The molecule has 1 aliphatic rings. The molecule has 4 aromatic rings. The Balaban J connectivity index is 1.67. The quantitative estimate of drug-likeness (QED) is 0.495. The highest BCUT2D eigenvalue weighted by Gasteiger charge is 2.29. The van der Waals surface area contributed by atoms with Gasteiger partial charge in [0.2, 0.25) is 0 Å². The van der Waals surface area contributed by atoms with Crippen LogP contribution in [-0.2, 0) is 17.9 Å². The summed E-state index contributed by atoms with van der Waals surface area (Å²) in [6, 6.07) is 10.0. The molecule has 1 saturated carbocycles. The Morgan fingerprint density at radius 3 is 2.74 bits per heavy atom. The van der Waals surface area contributed by atoms with E-state index in [4.69, 9.17) is 4.98 Å². The van der Waals surface area contributed by atoms with E-state index in [0.717, 1.165) is 47.0 Å². The lowest BCUT2D eigenvalue weighted by molar-refractivity contribution is -0.108. The van der Waals surface area contributed by atoms with Crippen molar-refractivity contribution in [1.29, 1.82) is 0 Å². The Bertz CT molecular complexity index is 1210. The summed E-state index contributed by atoms with van der Waals surface area (Å²) in [7, 11) is 0. The lowest BCUT2D eigenvalue weighted by Gasteiger charge is -2.08. The second-order valence-electron chi connectivity index (χ2n) is 6.96. The van der Waals surface area contributed by atoms with Crippen molar-refractivity contribution in [2.45, 2.75) is 38.4 Å². The molecule has 0 saturated heterocycles. The van der Waals surface area contributed by atoms with Gasteiger partial charge in [-0.3, -0.25) is 14.1 Å². The number of rotatable bonds is 6. The summed E-state index contributed by atoms with van der Waals surface area (Å²) in [5.41, 5.74) is 3.58. The first-order valence-corrected chi connectivity index (χ1v) is 9.20. The van der Waals surface area contributed by atoms with E-state index in [0.29, 0.717) is 19.5 Å². The third kappa shape index (κ3) is 2.58. The number of aryl methyl sites for hydroxylation is 1. The predicted molar refractivity (Wildman–Crippen MR) is 102 cm³/mol. The zero-order chi connectivity index (χ0) is 18.4. The van der Waals surface area contributed by atoms with Crippen LogP contribution in [0.1, 0.15) is 31.1 Å². The van der Waals surface area contributed by atoms with Gasteiger partial charge in [0.05, 0.1) is 34.8 Å². The number of imidazole rings is 2. The van der Waals surface area contributed by atoms with E-state index >= 15 is 0 Å². The van der Waals surface area contributed by atoms with Gasteiger partial charge < -0.3 is 9.36 Å². The molecule has 3 aromatic heterocycles. The second kappa shape index (κ2) is 6.19. The molecule has 0 atom stereocenters. The van der Waals surface area contributed by atoms with Gasteiger partial charge in [0.1, 0.15) is 12.1 Å². The van der Waals surface area contributed by atoms with Gasteiger partial charge in [-0.2, -0.15) is 0 Å². The van der Waals surface area contributed by atoms with Gasteiger partial charge >= 0.3 is 5.69 Å². The van der Waals surface area contributed by atoms with Crippen molar-refractivity contribution in [3.63, 3.8) is 0 Å². The van der Waals surface area contributed by atoms with Crippen LogP contribution in [0.3, 0.4) is 0 Å². The van der Waals surface area contributed by atoms with Gasteiger partial charge in [0.15, 0.2) is 0 Å². The molecule has 0 aliphatic heterocycles. The molecule has 1 fully saturated rings. The van der Waals surface area contributed by atoms with Crippen LogP contribution in [0.25, 0.3) is 22.1 Å². The molecule has 0 unspecified atom stereocenters. The number of carbonyl (C=O) groups excluding carboxylic acids is 1. The monoisotopic (exact) mass is 361 g/mol. The average molecular weight is 361 g/mol. The Kier molecular flexibility index (Phi) is 3.67. The minimum atomic E-state index is -0.0190. The molecule has 7 heteroatoms. The number of pyridine rings is 1. The number of para-hydroxylation sites is 2. The van der Waals surface area contributed by atoms with Gasteiger partial charge in [-0.25, -0.2) is 9.78 Å². The number of carbonyl (C=O) groups is 1. The molecule has 5 rings (SSSR count). The molecule has 27 heavy (non-hydrogen) atoms. The summed E-state index contributed by atoms with van der Waals surface area (Å²) in [6.45, 7) is 0.905. The topological polar surface area (TPSA) is 74.7 Å². The number of hydrogen-bond donors (Lipinski definition) is 0. The van der Waals surface area contributed by atoms with Gasteiger partial charge in [-0.05, 0) is 31.0 Å². The number of aldehydes is 1. The van der Waals surface area contributed by atoms with E-state index in [9.17, 15) is 9.59 Å². The van der Waals surface area contributed by atoms with Crippen LogP contribution in [-0.4, -0.2) is 30.0 Å². The van der Waals surface area contributed by atoms with Crippen molar-refractivity contribution < 1.29 is 4.79 Å². The largest absolute Gasteiger partial charge is 0.329 e. The maximum atomic E-state index is 13.1. The number of aromatic nitrogens is 5. The van der Waals surface area contributed by atoms with Gasteiger partial charge in [-0.15, -0.1) is 0 Å². The Hall–Kier alpha value is -3.22. The molecule has 0 N–H and O–H groups in total. The molecule has 0 spiro atoms. The highest BCUT2D eigenvalue weighted by Crippen LogP contribution is 2.36. The zero-order valence-electron chi connectivity index (χ0n) is 14.8. The van der Waals surface area contributed by atoms with Crippen molar-refractivity contribution in [3.05, 3.63) is 59.0 Å². The molecule has 1 aromatic carbocycles. The number of nitrogens with zero attached hydrogens (tertiary/aromatic N) is 5. The smallest absolute Gasteiger partial charge is 0.326 e. The fraction of sp³-hybridized carbons (Fsp3) is 0.300. The van der Waals surface area contributed by atoms with Crippen molar-refractivity contribution >= 4 is 28.4 Å². The minimum Gasteiger partial charge on any atom is -0.326 e. The molecule has 1 aliphatic carbocycles. The fourth-order valence-electron chi connectivity index (χ4n) is 3.78. The molecular formula is C20H19N5O2. The molecule has 136 valence electrons. The van der Waals surface area contributed by atoms with E-state index in [1.165, 1.54) is 0 Å². The standard InChI is InChI=1S/C20H19N5O2/c26-11-3-10-23-16-5-2-1-4-15(16)22-19(23)13-24-18-12-21-9-8-17(18)25(20(24)27)14-6-7-14/h1-2,4-5,8-9,11-12,14H,3,6-7,10,13H2. The third-order valence-electron chi connectivity index (χ3n) is 5.18. The maximum Gasteiger partial charge on any atom is 0.329 e. The molecular weight excluding hydrogens is 342 g/mol. The highest BCUT2D eigenvalue weighted by molar-refractivity contribution is 5.77. The molecule has 0 radical (unpaired) electrons. The lowest BCUT2D eigenvalue weighted by Crippen LogP contribution is -2.25. The summed E-state index contributed by atoms with van der Waals surface area (Å²) in [5.74, 6) is 0.777. The van der Waals surface area contributed by atoms with Gasteiger partial charge in [0.25, 0.3) is 0 Å². The summed E-state index contributed by atoms with van der Waals surface area (Å²) in [6.07, 6.45) is 6.87. The van der Waals surface area contributed by atoms with E-state index in [-0.39, 0.29) is 11.7 Å². The van der Waals surface area contributed by atoms with Crippen molar-refractivity contribution in [3.8, 4) is 0 Å². The van der Waals surface area contributed by atoms with Crippen LogP contribution in [0.5, 0.6) is 0 Å². The average Bonchev–Trinajstić information content (AvgIpc) is 3.41. The van der Waals surface area contributed by atoms with Crippen LogP contribution >= 0.6 is 0 Å². The first-order valence-electron chi connectivity index (χ1n) is 9.20. The summed E-state index contributed by atoms with van der Waals surface area (Å²) in [4.78, 5) is 33.0.